The summed E-state index contributed by atoms with van der Waals surface area (Å²) in [6.07, 6.45) is 3.26. The van der Waals surface area contributed by atoms with Crippen molar-refractivity contribution in [3.05, 3.63) is 46.2 Å². The number of carbonyl (C=O) groups excluding carboxylic acids is 1. The van der Waals surface area contributed by atoms with Crippen molar-refractivity contribution >= 4 is 22.0 Å². The summed E-state index contributed by atoms with van der Waals surface area (Å²) in [6.45, 7) is 8.31. The number of halogens is 2. The van der Waals surface area contributed by atoms with Crippen LogP contribution in [0.5, 0.6) is 0 Å². The molecule has 0 spiro atoms. The van der Waals surface area contributed by atoms with Gasteiger partial charge in [0.1, 0.15) is 11.4 Å². The van der Waals surface area contributed by atoms with Crippen LogP contribution in [0.4, 0.5) is 9.18 Å². The minimum Gasteiger partial charge on any atom is -0.444 e. The number of alkyl carbamates (subject to hydrolysis) is 1. The van der Waals surface area contributed by atoms with Crippen LogP contribution in [-0.2, 0) is 4.74 Å². The summed E-state index contributed by atoms with van der Waals surface area (Å²) >= 11 is 3.24. The van der Waals surface area contributed by atoms with Crippen LogP contribution in [0.3, 0.4) is 0 Å². The number of hydrogen-bond donors (Lipinski definition) is 2. The molecule has 0 radical (unpaired) electrons. The number of benzene rings is 1. The Labute approximate surface area is 145 Å². The lowest BCUT2D eigenvalue weighted by molar-refractivity contribution is 0.0534. The molecular formula is C17H24BrFN2O2. The van der Waals surface area contributed by atoms with E-state index >= 15 is 0 Å². The Hall–Kier alpha value is -1.40. The third kappa shape index (κ3) is 8.13. The summed E-state index contributed by atoms with van der Waals surface area (Å²) in [4.78, 5) is 11.4. The lowest BCUT2D eigenvalue weighted by atomic mass is 10.1. The van der Waals surface area contributed by atoms with Gasteiger partial charge in [0.05, 0.1) is 0 Å². The summed E-state index contributed by atoms with van der Waals surface area (Å²) in [5.41, 5.74) is 0.119. The van der Waals surface area contributed by atoms with Gasteiger partial charge >= 0.3 is 6.09 Å². The molecule has 0 aliphatic rings. The molecule has 1 aromatic rings. The molecule has 6 heteroatoms. The molecule has 128 valence electrons. The normalized spacial score (nSPS) is 13.1. The average Bonchev–Trinajstić information content (AvgIpc) is 2.40. The molecule has 0 aromatic heterocycles. The van der Waals surface area contributed by atoms with Crippen LogP contribution in [0.2, 0.25) is 0 Å². The number of rotatable bonds is 6. The van der Waals surface area contributed by atoms with E-state index in [0.29, 0.717) is 18.7 Å². The van der Waals surface area contributed by atoms with E-state index in [1.54, 1.807) is 6.07 Å². The molecule has 0 aliphatic carbocycles. The lowest BCUT2D eigenvalue weighted by Gasteiger charge is -2.19. The zero-order chi connectivity index (χ0) is 17.5. The summed E-state index contributed by atoms with van der Waals surface area (Å²) in [7, 11) is 0. The number of ether oxygens (including phenoxy) is 1. The molecule has 1 rings (SSSR count). The highest BCUT2D eigenvalue weighted by atomic mass is 79.9. The van der Waals surface area contributed by atoms with E-state index in [1.165, 1.54) is 6.07 Å². The first-order valence-electron chi connectivity index (χ1n) is 7.49. The van der Waals surface area contributed by atoms with Crippen LogP contribution >= 0.6 is 15.9 Å². The molecule has 2 N–H and O–H groups in total. The first kappa shape index (κ1) is 19.6. The lowest BCUT2D eigenvalue weighted by Crippen LogP contribution is -2.32. The molecular weight excluding hydrogens is 363 g/mol. The quantitative estimate of drug-likeness (QED) is 0.715. The van der Waals surface area contributed by atoms with Crippen LogP contribution in [-0.4, -0.2) is 24.8 Å². The van der Waals surface area contributed by atoms with Crippen LogP contribution in [0, 0.1) is 5.82 Å². The summed E-state index contributed by atoms with van der Waals surface area (Å²) in [5, 5.41) is 5.83. The highest BCUT2D eigenvalue weighted by Crippen LogP contribution is 2.20. The number of nitrogens with one attached hydrogen (secondary N) is 2. The maximum absolute atomic E-state index is 13.8. The molecule has 23 heavy (non-hydrogen) atoms. The summed E-state index contributed by atoms with van der Waals surface area (Å²) < 4.78 is 19.6. The van der Waals surface area contributed by atoms with E-state index in [0.717, 1.165) is 4.47 Å². The molecule has 0 aliphatic heterocycles. The average molecular weight is 387 g/mol. The highest BCUT2D eigenvalue weighted by molar-refractivity contribution is 9.10. The molecule has 0 fully saturated rings. The van der Waals surface area contributed by atoms with Gasteiger partial charge in [0.15, 0.2) is 0 Å². The predicted octanol–water partition coefficient (Wildman–Crippen LogP) is 4.32. The zero-order valence-corrected chi connectivity index (χ0v) is 15.5. The minimum absolute atomic E-state index is 0.105. The maximum atomic E-state index is 13.8. The smallest absolute Gasteiger partial charge is 0.407 e. The van der Waals surface area contributed by atoms with E-state index in [9.17, 15) is 9.18 Å². The second kappa shape index (κ2) is 9.03. The largest absolute Gasteiger partial charge is 0.444 e. The molecule has 1 amide bonds. The highest BCUT2D eigenvalue weighted by Gasteiger charge is 2.15. The van der Waals surface area contributed by atoms with Gasteiger partial charge in [-0.15, -0.1) is 0 Å². The monoisotopic (exact) mass is 386 g/mol. The van der Waals surface area contributed by atoms with Crippen molar-refractivity contribution in [2.24, 2.45) is 0 Å². The molecule has 0 saturated carbocycles. The molecule has 0 saturated heterocycles. The van der Waals surface area contributed by atoms with Gasteiger partial charge in [0.25, 0.3) is 0 Å². The summed E-state index contributed by atoms with van der Waals surface area (Å²) in [6, 6.07) is 4.92. The van der Waals surface area contributed by atoms with Gasteiger partial charge in [-0.3, -0.25) is 0 Å². The van der Waals surface area contributed by atoms with Gasteiger partial charge in [-0.1, -0.05) is 34.1 Å². The Bertz CT molecular complexity index is 556. The molecule has 1 unspecified atom stereocenters. The number of hydrogen-bond acceptors (Lipinski definition) is 3. The van der Waals surface area contributed by atoms with Gasteiger partial charge in [0.2, 0.25) is 0 Å². The second-order valence-corrected chi connectivity index (χ2v) is 7.07. The van der Waals surface area contributed by atoms with E-state index in [1.807, 2.05) is 45.9 Å². The third-order valence-corrected chi connectivity index (χ3v) is 3.39. The first-order valence-corrected chi connectivity index (χ1v) is 8.28. The van der Waals surface area contributed by atoms with Gasteiger partial charge in [-0.05, 0) is 39.8 Å². The van der Waals surface area contributed by atoms with Crippen LogP contribution in [0.1, 0.15) is 39.3 Å². The van der Waals surface area contributed by atoms with Crippen LogP contribution in [0.15, 0.2) is 34.8 Å². The Kier molecular flexibility index (Phi) is 7.72. The second-order valence-electron chi connectivity index (χ2n) is 6.15. The zero-order valence-electron chi connectivity index (χ0n) is 14.0. The Morgan fingerprint density at radius 3 is 2.61 bits per heavy atom. The van der Waals surface area contributed by atoms with Gasteiger partial charge in [0, 0.05) is 29.2 Å². The fourth-order valence-electron chi connectivity index (χ4n) is 1.83. The Morgan fingerprint density at radius 1 is 1.35 bits per heavy atom. The van der Waals surface area contributed by atoms with Crippen molar-refractivity contribution in [1.82, 2.24) is 10.6 Å². The number of amides is 1. The Balaban J connectivity index is 2.29. The van der Waals surface area contributed by atoms with E-state index in [4.69, 9.17) is 4.74 Å². The maximum Gasteiger partial charge on any atom is 0.407 e. The molecule has 1 atom stereocenters. The van der Waals surface area contributed by atoms with E-state index < -0.39 is 11.7 Å². The third-order valence-electron chi connectivity index (χ3n) is 2.90. The van der Waals surface area contributed by atoms with Crippen molar-refractivity contribution in [3.63, 3.8) is 0 Å². The number of carbonyl (C=O) groups is 1. The fraction of sp³-hybridized carbons (Fsp3) is 0.471. The molecule has 0 heterocycles. The van der Waals surface area contributed by atoms with Crippen molar-refractivity contribution < 1.29 is 13.9 Å². The van der Waals surface area contributed by atoms with Gasteiger partial charge in [-0.2, -0.15) is 0 Å². The van der Waals surface area contributed by atoms with Gasteiger partial charge in [-0.25, -0.2) is 9.18 Å². The van der Waals surface area contributed by atoms with E-state index in [2.05, 4.69) is 26.6 Å². The standard InChI is InChI=1S/C17H24BrFN2O2/c1-12(14-8-7-13(18)11-15(14)19)20-9-5-6-10-21-16(22)23-17(2,3)4/h5-8,11-12,20H,9-10H2,1-4H3,(H,21,22)/b6-5+. The van der Waals surface area contributed by atoms with Crippen molar-refractivity contribution in [2.45, 2.75) is 39.3 Å². The topological polar surface area (TPSA) is 50.4 Å². The minimum atomic E-state index is -0.500. The summed E-state index contributed by atoms with van der Waals surface area (Å²) in [5.74, 6) is -0.241. The fourth-order valence-corrected chi connectivity index (χ4v) is 2.16. The van der Waals surface area contributed by atoms with Crippen molar-refractivity contribution in [1.29, 1.82) is 0 Å². The molecule has 0 bridgehead atoms. The first-order chi connectivity index (χ1) is 10.7. The van der Waals surface area contributed by atoms with Crippen LogP contribution in [0.25, 0.3) is 0 Å². The van der Waals surface area contributed by atoms with E-state index in [-0.39, 0.29) is 11.9 Å². The molecule has 1 aromatic carbocycles. The SMILES string of the molecule is CC(NC/C=C/CNC(=O)OC(C)(C)C)c1ccc(Br)cc1F. The predicted molar refractivity (Wildman–Crippen MR) is 93.9 cm³/mol. The van der Waals surface area contributed by atoms with Crippen molar-refractivity contribution in [2.75, 3.05) is 13.1 Å². The Morgan fingerprint density at radius 2 is 2.00 bits per heavy atom. The molecule has 4 nitrogen and oxygen atoms in total. The van der Waals surface area contributed by atoms with Crippen molar-refractivity contribution in [3.8, 4) is 0 Å². The van der Waals surface area contributed by atoms with Gasteiger partial charge < -0.3 is 15.4 Å². The van der Waals surface area contributed by atoms with Crippen LogP contribution < -0.4 is 10.6 Å².